The summed E-state index contributed by atoms with van der Waals surface area (Å²) in [5.41, 5.74) is 6.00. The standard InChI is InChI=1S/C21H26N4O2S/c1-16(23-24-21(28)22-18-8-10-19(26-2)11-9-18)20(17-6-4-3-5-7-17)25-12-14-27-15-13-25/h3-11,20H,12-15H2,1-2H3,(H2,22,24,28)/b23-16-/t20-/m1/s1. The molecule has 6 nitrogen and oxygen atoms in total. The summed E-state index contributed by atoms with van der Waals surface area (Å²) in [6.45, 7) is 5.25. The van der Waals surface area contributed by atoms with Crippen LogP contribution >= 0.6 is 12.2 Å². The van der Waals surface area contributed by atoms with Gasteiger partial charge in [0.1, 0.15) is 5.75 Å². The third-order valence-corrected chi connectivity index (χ3v) is 4.80. The molecule has 1 heterocycles. The summed E-state index contributed by atoms with van der Waals surface area (Å²) in [5.74, 6) is 0.800. The molecule has 0 spiro atoms. The summed E-state index contributed by atoms with van der Waals surface area (Å²) >= 11 is 5.38. The molecule has 1 aliphatic rings. The Kier molecular flexibility index (Phi) is 7.36. The molecule has 2 aromatic rings. The molecule has 0 aromatic heterocycles. The van der Waals surface area contributed by atoms with Crippen LogP contribution in [0.3, 0.4) is 0 Å². The minimum atomic E-state index is 0.0846. The Bertz CT molecular complexity index is 790. The molecule has 0 bridgehead atoms. The molecular weight excluding hydrogens is 372 g/mol. The lowest BCUT2D eigenvalue weighted by atomic mass is 10.0. The number of hydrogen-bond acceptors (Lipinski definition) is 5. The van der Waals surface area contributed by atoms with E-state index in [1.165, 1.54) is 5.56 Å². The van der Waals surface area contributed by atoms with Gasteiger partial charge in [-0.3, -0.25) is 10.3 Å². The number of thiocarbonyl (C=S) groups is 1. The highest BCUT2D eigenvalue weighted by Crippen LogP contribution is 2.23. The fourth-order valence-corrected chi connectivity index (χ4v) is 3.38. The Morgan fingerprint density at radius 2 is 1.79 bits per heavy atom. The largest absolute Gasteiger partial charge is 0.497 e. The molecular formula is C21H26N4O2S. The lowest BCUT2D eigenvalue weighted by molar-refractivity contribution is 0.0285. The van der Waals surface area contributed by atoms with E-state index in [4.69, 9.17) is 21.7 Å². The van der Waals surface area contributed by atoms with Gasteiger partial charge < -0.3 is 14.8 Å². The number of rotatable bonds is 6. The molecule has 1 fully saturated rings. The summed E-state index contributed by atoms with van der Waals surface area (Å²) in [5, 5.41) is 8.14. The number of hydrazone groups is 1. The average Bonchev–Trinajstić information content (AvgIpc) is 2.74. The van der Waals surface area contributed by atoms with Gasteiger partial charge in [-0.1, -0.05) is 30.3 Å². The number of nitrogens with one attached hydrogen (secondary N) is 2. The fraction of sp³-hybridized carbons (Fsp3) is 0.333. The summed E-state index contributed by atoms with van der Waals surface area (Å²) < 4.78 is 10.7. The Hall–Kier alpha value is -2.48. The van der Waals surface area contributed by atoms with Crippen LogP contribution in [0.15, 0.2) is 59.7 Å². The summed E-state index contributed by atoms with van der Waals surface area (Å²) in [7, 11) is 1.64. The van der Waals surface area contributed by atoms with E-state index in [0.717, 1.165) is 43.5 Å². The van der Waals surface area contributed by atoms with Crippen molar-refractivity contribution >= 4 is 28.7 Å². The molecule has 0 amide bonds. The third-order valence-electron chi connectivity index (χ3n) is 4.60. The highest BCUT2D eigenvalue weighted by molar-refractivity contribution is 7.80. The number of hydrogen-bond donors (Lipinski definition) is 2. The average molecular weight is 399 g/mol. The maximum atomic E-state index is 5.51. The van der Waals surface area contributed by atoms with Crippen LogP contribution in [0.1, 0.15) is 18.5 Å². The van der Waals surface area contributed by atoms with Crippen LogP contribution in [0.2, 0.25) is 0 Å². The number of ether oxygens (including phenoxy) is 2. The van der Waals surface area contributed by atoms with Crippen LogP contribution in [0.25, 0.3) is 0 Å². The Labute approximate surface area is 171 Å². The first-order valence-corrected chi connectivity index (χ1v) is 9.70. The zero-order valence-corrected chi connectivity index (χ0v) is 17.0. The summed E-state index contributed by atoms with van der Waals surface area (Å²) in [4.78, 5) is 2.39. The molecule has 0 saturated carbocycles. The molecule has 1 saturated heterocycles. The van der Waals surface area contributed by atoms with E-state index < -0.39 is 0 Å². The van der Waals surface area contributed by atoms with Crippen molar-refractivity contribution in [3.63, 3.8) is 0 Å². The molecule has 0 unspecified atom stereocenters. The van der Waals surface area contributed by atoms with E-state index in [2.05, 4.69) is 45.0 Å². The Morgan fingerprint density at radius 1 is 1.11 bits per heavy atom. The number of methoxy groups -OCH3 is 1. The van der Waals surface area contributed by atoms with Crippen molar-refractivity contribution in [2.75, 3.05) is 38.7 Å². The minimum Gasteiger partial charge on any atom is -0.497 e. The molecule has 1 atom stereocenters. The van der Waals surface area contributed by atoms with Crippen molar-refractivity contribution in [1.29, 1.82) is 0 Å². The summed E-state index contributed by atoms with van der Waals surface area (Å²) in [6.07, 6.45) is 0. The van der Waals surface area contributed by atoms with Crippen molar-refractivity contribution in [2.45, 2.75) is 13.0 Å². The lowest BCUT2D eigenvalue weighted by Gasteiger charge is -2.34. The van der Waals surface area contributed by atoms with Gasteiger partial charge in [0.25, 0.3) is 0 Å². The molecule has 7 heteroatoms. The second kappa shape index (κ2) is 10.2. The van der Waals surface area contributed by atoms with Crippen LogP contribution in [-0.2, 0) is 4.74 Å². The Morgan fingerprint density at radius 3 is 2.43 bits per heavy atom. The van der Waals surface area contributed by atoms with Crippen molar-refractivity contribution in [1.82, 2.24) is 10.3 Å². The maximum absolute atomic E-state index is 5.51. The van der Waals surface area contributed by atoms with Crippen LogP contribution in [-0.4, -0.2) is 49.1 Å². The van der Waals surface area contributed by atoms with Gasteiger partial charge in [-0.05, 0) is 49.0 Å². The molecule has 0 aliphatic carbocycles. The first-order valence-electron chi connectivity index (χ1n) is 9.29. The molecule has 0 radical (unpaired) electrons. The minimum absolute atomic E-state index is 0.0846. The first kappa shape index (κ1) is 20.3. The highest BCUT2D eigenvalue weighted by atomic mass is 32.1. The van der Waals surface area contributed by atoms with Gasteiger partial charge in [-0.15, -0.1) is 0 Å². The molecule has 2 N–H and O–H groups in total. The van der Waals surface area contributed by atoms with E-state index in [9.17, 15) is 0 Å². The first-order chi connectivity index (χ1) is 13.7. The van der Waals surface area contributed by atoms with E-state index in [1.807, 2.05) is 37.3 Å². The predicted octanol–water partition coefficient (Wildman–Crippen LogP) is 3.43. The molecule has 28 heavy (non-hydrogen) atoms. The zero-order chi connectivity index (χ0) is 19.8. The quantitative estimate of drug-likeness (QED) is 0.442. The highest BCUT2D eigenvalue weighted by Gasteiger charge is 2.25. The molecule has 1 aliphatic heterocycles. The third kappa shape index (κ3) is 5.51. The van der Waals surface area contributed by atoms with Gasteiger partial charge in [0.05, 0.1) is 32.1 Å². The number of morpholine rings is 1. The number of anilines is 1. The number of nitrogens with zero attached hydrogens (tertiary/aromatic N) is 2. The van der Waals surface area contributed by atoms with Crippen LogP contribution in [0.5, 0.6) is 5.75 Å². The second-order valence-electron chi connectivity index (χ2n) is 6.51. The fourth-order valence-electron chi connectivity index (χ4n) is 3.22. The van der Waals surface area contributed by atoms with Gasteiger partial charge in [0, 0.05) is 18.8 Å². The van der Waals surface area contributed by atoms with Gasteiger partial charge in [0.15, 0.2) is 5.11 Å². The second-order valence-corrected chi connectivity index (χ2v) is 6.92. The van der Waals surface area contributed by atoms with Crippen molar-refractivity contribution in [3.8, 4) is 5.75 Å². The molecule has 3 rings (SSSR count). The zero-order valence-electron chi connectivity index (χ0n) is 16.2. The van der Waals surface area contributed by atoms with Crippen LogP contribution in [0.4, 0.5) is 5.69 Å². The normalized spacial score (nSPS) is 16.3. The summed E-state index contributed by atoms with van der Waals surface area (Å²) in [6, 6.07) is 18.1. The van der Waals surface area contributed by atoms with Crippen LogP contribution in [0, 0.1) is 0 Å². The van der Waals surface area contributed by atoms with E-state index in [-0.39, 0.29) is 6.04 Å². The van der Waals surface area contributed by atoms with E-state index in [0.29, 0.717) is 5.11 Å². The monoisotopic (exact) mass is 398 g/mol. The predicted molar refractivity (Wildman–Crippen MR) is 117 cm³/mol. The molecule has 2 aromatic carbocycles. The van der Waals surface area contributed by atoms with Gasteiger partial charge in [0.2, 0.25) is 0 Å². The van der Waals surface area contributed by atoms with Crippen molar-refractivity contribution in [3.05, 3.63) is 60.2 Å². The van der Waals surface area contributed by atoms with Gasteiger partial charge >= 0.3 is 0 Å². The van der Waals surface area contributed by atoms with Gasteiger partial charge in [-0.2, -0.15) is 5.10 Å². The number of benzene rings is 2. The van der Waals surface area contributed by atoms with Gasteiger partial charge in [-0.25, -0.2) is 0 Å². The SMILES string of the molecule is COc1ccc(NC(=S)N/N=C(/C)[C@H](c2ccccc2)N2CCOCC2)cc1. The lowest BCUT2D eigenvalue weighted by Crippen LogP contribution is -2.42. The smallest absolute Gasteiger partial charge is 0.191 e. The Balaban J connectivity index is 1.67. The molecule has 148 valence electrons. The maximum Gasteiger partial charge on any atom is 0.191 e. The van der Waals surface area contributed by atoms with Crippen molar-refractivity contribution in [2.24, 2.45) is 5.10 Å². The van der Waals surface area contributed by atoms with Crippen LogP contribution < -0.4 is 15.5 Å². The van der Waals surface area contributed by atoms with E-state index >= 15 is 0 Å². The van der Waals surface area contributed by atoms with Crippen molar-refractivity contribution < 1.29 is 9.47 Å². The topological polar surface area (TPSA) is 58.1 Å². The van der Waals surface area contributed by atoms with E-state index in [1.54, 1.807) is 7.11 Å².